The Balaban J connectivity index is -0.000000120. The topological polar surface area (TPSA) is 23.1 Å². The molecule has 0 N–H and O–H groups in total. The molecule has 0 aromatic heterocycles. The minimum absolute atomic E-state index is 0. The maximum absolute atomic E-state index is 10.1. The van der Waals surface area contributed by atoms with Crippen LogP contribution in [-0.2, 0) is 98.1 Å². The van der Waals surface area contributed by atoms with Crippen LogP contribution in [0.4, 0.5) is 0 Å². The van der Waals surface area contributed by atoms with Gasteiger partial charge < -0.3 is 30.0 Å². The van der Waals surface area contributed by atoms with Crippen LogP contribution in [0.2, 0.25) is 0 Å². The summed E-state index contributed by atoms with van der Waals surface area (Å²) in [7, 11) is 0. The molecule has 1 aliphatic rings. The number of hydrogen-bond donors (Lipinski definition) is 0. The molecule has 0 aliphatic heterocycles. The SMILES string of the molecule is CC1[CH-]C([O-])[CH-]1.[Y].[Y].[Y]. The molecule has 9 heavy (non-hydrogen) atoms. The van der Waals surface area contributed by atoms with E-state index in [0.717, 1.165) is 0 Å². The van der Waals surface area contributed by atoms with Crippen molar-refractivity contribution in [2.75, 3.05) is 0 Å². The minimum atomic E-state index is -0.458. The van der Waals surface area contributed by atoms with Gasteiger partial charge in [-0.05, 0) is 0 Å². The smallest absolute Gasteiger partial charge is 0 e. The van der Waals surface area contributed by atoms with Crippen LogP contribution >= 0.6 is 0 Å². The van der Waals surface area contributed by atoms with E-state index >= 15 is 0 Å². The molecule has 0 heterocycles. The first-order valence-corrected chi connectivity index (χ1v) is 2.15. The van der Waals surface area contributed by atoms with Gasteiger partial charge in [-0.2, -0.15) is 0 Å². The molecule has 1 nitrogen and oxygen atoms in total. The predicted octanol–water partition coefficient (Wildman–Crippen LogP) is -0.234. The third kappa shape index (κ3) is 7.63. The summed E-state index contributed by atoms with van der Waals surface area (Å²) in [5, 5.41) is 10.1. The first kappa shape index (κ1) is 18.1. The van der Waals surface area contributed by atoms with E-state index in [0.29, 0.717) is 5.92 Å². The molecule has 0 unspecified atom stereocenters. The molecule has 0 atom stereocenters. The van der Waals surface area contributed by atoms with Crippen molar-refractivity contribution in [3.8, 4) is 0 Å². The van der Waals surface area contributed by atoms with Gasteiger partial charge in [0.05, 0.1) is 0 Å². The summed E-state index contributed by atoms with van der Waals surface area (Å²) in [5.74, 6) is 0.479. The van der Waals surface area contributed by atoms with Gasteiger partial charge in [-0.25, -0.2) is 0 Å². The molecule has 4 heteroatoms. The van der Waals surface area contributed by atoms with Gasteiger partial charge in [-0.1, -0.05) is 0 Å². The Hall–Kier alpha value is 3.27. The van der Waals surface area contributed by atoms with Crippen molar-refractivity contribution in [1.29, 1.82) is 0 Å². The van der Waals surface area contributed by atoms with Crippen molar-refractivity contribution in [3.05, 3.63) is 12.8 Å². The van der Waals surface area contributed by atoms with Gasteiger partial charge in [0.1, 0.15) is 0 Å². The zero-order valence-electron chi connectivity index (χ0n) is 5.45. The Bertz CT molecular complexity index is 48.2. The van der Waals surface area contributed by atoms with Crippen LogP contribution in [0.1, 0.15) is 6.92 Å². The van der Waals surface area contributed by atoms with Gasteiger partial charge in [0, 0.05) is 98.1 Å². The summed E-state index contributed by atoms with van der Waals surface area (Å²) in [6, 6.07) is 0. The average molecular weight is 350 g/mol. The maximum atomic E-state index is 10.1. The molecule has 1 aliphatic carbocycles. The summed E-state index contributed by atoms with van der Waals surface area (Å²) in [4.78, 5) is 0. The van der Waals surface area contributed by atoms with Gasteiger partial charge in [-0.3, -0.25) is 0 Å². The molecule has 0 amide bonds. The van der Waals surface area contributed by atoms with E-state index in [2.05, 4.69) is 0 Å². The Morgan fingerprint density at radius 2 is 1.44 bits per heavy atom. The fourth-order valence-electron chi connectivity index (χ4n) is 0.581. The van der Waals surface area contributed by atoms with E-state index in [1.807, 2.05) is 6.92 Å². The minimum Gasteiger partial charge on any atom is -0.898 e. The zero-order valence-corrected chi connectivity index (χ0v) is 14.0. The van der Waals surface area contributed by atoms with E-state index in [-0.39, 0.29) is 98.1 Å². The Morgan fingerprint density at radius 3 is 1.44 bits per heavy atom. The van der Waals surface area contributed by atoms with Gasteiger partial charge in [-0.15, -0.1) is 6.92 Å². The molecule has 1 fully saturated rings. The van der Waals surface area contributed by atoms with Crippen molar-refractivity contribution in [1.82, 2.24) is 0 Å². The van der Waals surface area contributed by atoms with Crippen molar-refractivity contribution in [3.63, 3.8) is 0 Å². The molecule has 0 saturated heterocycles. The molecule has 1 rings (SSSR count). The first-order chi connectivity index (χ1) is 2.79. The van der Waals surface area contributed by atoms with E-state index in [1.165, 1.54) is 0 Å². The molecule has 45 valence electrons. The maximum Gasteiger partial charge on any atom is 0 e. The van der Waals surface area contributed by atoms with Crippen molar-refractivity contribution < 1.29 is 103 Å². The molecule has 0 spiro atoms. The van der Waals surface area contributed by atoms with Gasteiger partial charge in [0.25, 0.3) is 0 Å². The van der Waals surface area contributed by atoms with Gasteiger partial charge in [0.15, 0.2) is 0 Å². The Kier molecular flexibility index (Phi) is 18.9. The predicted molar refractivity (Wildman–Crippen MR) is 21.6 cm³/mol. The quantitative estimate of drug-likeness (QED) is 0.554. The van der Waals surface area contributed by atoms with Crippen LogP contribution < -0.4 is 5.11 Å². The van der Waals surface area contributed by atoms with E-state index in [4.69, 9.17) is 0 Å². The molecular formula is C5H7OY3-3. The van der Waals surface area contributed by atoms with Crippen LogP contribution in [0.15, 0.2) is 0 Å². The molecule has 1 saturated carbocycles. The normalized spacial score (nSPS) is 30.0. The second kappa shape index (κ2) is 9.36. The van der Waals surface area contributed by atoms with Crippen LogP contribution in [0.5, 0.6) is 0 Å². The number of rotatable bonds is 0. The monoisotopic (exact) mass is 350 g/mol. The van der Waals surface area contributed by atoms with E-state index in [1.54, 1.807) is 12.8 Å². The van der Waals surface area contributed by atoms with E-state index < -0.39 is 6.10 Å². The summed E-state index contributed by atoms with van der Waals surface area (Å²) in [6.07, 6.45) is 3.10. The Labute approximate surface area is 132 Å². The summed E-state index contributed by atoms with van der Waals surface area (Å²) < 4.78 is 0. The van der Waals surface area contributed by atoms with Crippen molar-refractivity contribution in [2.24, 2.45) is 5.92 Å². The van der Waals surface area contributed by atoms with E-state index in [9.17, 15) is 5.11 Å². The molecule has 0 bridgehead atoms. The summed E-state index contributed by atoms with van der Waals surface area (Å²) in [6.45, 7) is 2.01. The third-order valence-corrected chi connectivity index (χ3v) is 0.986. The third-order valence-electron chi connectivity index (χ3n) is 0.986. The average Bonchev–Trinajstić information content (AvgIpc) is 1.33. The fraction of sp³-hybridized carbons (Fsp3) is 0.600. The largest absolute Gasteiger partial charge is 0.898 e. The van der Waals surface area contributed by atoms with Crippen LogP contribution in [0.25, 0.3) is 0 Å². The first-order valence-electron chi connectivity index (χ1n) is 2.15. The van der Waals surface area contributed by atoms with Crippen molar-refractivity contribution in [2.45, 2.75) is 13.0 Å². The second-order valence-electron chi connectivity index (χ2n) is 1.71. The summed E-state index contributed by atoms with van der Waals surface area (Å²) in [5.41, 5.74) is 0. The second-order valence-corrected chi connectivity index (χ2v) is 1.71. The van der Waals surface area contributed by atoms with Crippen LogP contribution in [0.3, 0.4) is 0 Å². The van der Waals surface area contributed by atoms with Crippen molar-refractivity contribution >= 4 is 0 Å². The molecular weight excluding hydrogens is 343 g/mol. The fourth-order valence-corrected chi connectivity index (χ4v) is 0.581. The van der Waals surface area contributed by atoms with Gasteiger partial charge in [0.2, 0.25) is 0 Å². The molecule has 3 radical (unpaired) electrons. The molecule has 0 aromatic rings. The summed E-state index contributed by atoms with van der Waals surface area (Å²) >= 11 is 0. The zero-order chi connectivity index (χ0) is 4.57. The van der Waals surface area contributed by atoms with Crippen LogP contribution in [0, 0.1) is 18.8 Å². The molecule has 0 aromatic carbocycles. The van der Waals surface area contributed by atoms with Crippen LogP contribution in [-0.4, -0.2) is 6.10 Å². The number of hydrogen-bond acceptors (Lipinski definition) is 1. The van der Waals surface area contributed by atoms with Gasteiger partial charge >= 0.3 is 0 Å². The standard InChI is InChI=1S/C5H7O.3Y/c1-4-2-5(6)3-4;;;/h2-5H,1H3;;;/q-3;;;. The Morgan fingerprint density at radius 1 is 1.11 bits per heavy atom.